The number of nitrogens with zero attached hydrogens (tertiary/aromatic N) is 1. The van der Waals surface area contributed by atoms with Crippen LogP contribution in [0.1, 0.15) is 0 Å². The fourth-order valence-electron chi connectivity index (χ4n) is 1.79. The Labute approximate surface area is 128 Å². The lowest BCUT2D eigenvalue weighted by atomic mass is 10.2. The zero-order chi connectivity index (χ0) is 14.1. The molecule has 3 aromatic rings. The molecule has 0 aliphatic heterocycles. The maximum atomic E-state index is 12.0. The van der Waals surface area contributed by atoms with Crippen molar-refractivity contribution in [1.82, 2.24) is 4.98 Å². The summed E-state index contributed by atoms with van der Waals surface area (Å²) in [5.74, 6) is 0. The Morgan fingerprint density at radius 2 is 1.85 bits per heavy atom. The molecule has 0 bridgehead atoms. The predicted octanol–water partition coefficient (Wildman–Crippen LogP) is 4.71. The van der Waals surface area contributed by atoms with Crippen LogP contribution < -0.4 is 10.1 Å². The van der Waals surface area contributed by atoms with Gasteiger partial charge in [-0.15, -0.1) is 0 Å². The van der Waals surface area contributed by atoms with E-state index in [0.29, 0.717) is 31.8 Å². The molecule has 0 radical (unpaired) electrons. The first kappa shape index (κ1) is 13.4. The second kappa shape index (κ2) is 5.40. The molecule has 0 aliphatic carbocycles. The van der Waals surface area contributed by atoms with E-state index in [1.165, 1.54) is 0 Å². The Hall–Kier alpha value is -1.62. The smallest absolute Gasteiger partial charge is 0.245 e. The van der Waals surface area contributed by atoms with Gasteiger partial charge in [0.25, 0.3) is 0 Å². The summed E-state index contributed by atoms with van der Waals surface area (Å²) in [6.07, 6.45) is 0. The summed E-state index contributed by atoms with van der Waals surface area (Å²) in [7, 11) is 0. The van der Waals surface area contributed by atoms with Crippen molar-refractivity contribution in [1.29, 1.82) is 0 Å². The lowest BCUT2D eigenvalue weighted by Crippen LogP contribution is -2.01. The van der Waals surface area contributed by atoms with Gasteiger partial charge in [0.2, 0.25) is 4.74 Å². The van der Waals surface area contributed by atoms with Crippen molar-refractivity contribution in [3.63, 3.8) is 0 Å². The van der Waals surface area contributed by atoms with E-state index in [9.17, 15) is 4.79 Å². The Morgan fingerprint density at radius 1 is 1.05 bits per heavy atom. The van der Waals surface area contributed by atoms with Gasteiger partial charge in [-0.25, -0.2) is 4.98 Å². The second-order valence-corrected chi connectivity index (χ2v) is 5.80. The molecule has 2 aromatic carbocycles. The lowest BCUT2D eigenvalue weighted by molar-refractivity contribution is 1.42. The van der Waals surface area contributed by atoms with Crippen LogP contribution in [0.4, 0.5) is 10.8 Å². The molecule has 3 nitrogen and oxygen atoms in total. The molecule has 100 valence electrons. The summed E-state index contributed by atoms with van der Waals surface area (Å²) in [5, 5.41) is 4.99. The predicted molar refractivity (Wildman–Crippen MR) is 85.6 cm³/mol. The molecule has 0 atom stereocenters. The molecule has 3 rings (SSSR count). The third-order valence-electron chi connectivity index (χ3n) is 2.73. The molecule has 0 amide bonds. The number of para-hydroxylation sites is 1. The zero-order valence-corrected chi connectivity index (χ0v) is 12.4. The van der Waals surface area contributed by atoms with Gasteiger partial charge in [0, 0.05) is 0 Å². The van der Waals surface area contributed by atoms with Gasteiger partial charge in [0.1, 0.15) is 0 Å². The van der Waals surface area contributed by atoms with Crippen LogP contribution in [-0.4, -0.2) is 4.98 Å². The third-order valence-corrected chi connectivity index (χ3v) is 4.34. The maximum absolute atomic E-state index is 12.0. The van der Waals surface area contributed by atoms with E-state index < -0.39 is 0 Å². The first-order chi connectivity index (χ1) is 9.65. The molecule has 0 spiro atoms. The number of anilines is 2. The van der Waals surface area contributed by atoms with Crippen LogP contribution in [-0.2, 0) is 0 Å². The fraction of sp³-hybridized carbons (Fsp3) is 0. The molecule has 6 heteroatoms. The number of fused-ring (bicyclic) bond motifs is 1. The highest BCUT2D eigenvalue weighted by Crippen LogP contribution is 2.32. The number of rotatable bonds is 2. The summed E-state index contributed by atoms with van der Waals surface area (Å²) < 4.78 is -0.0451. The van der Waals surface area contributed by atoms with E-state index in [1.54, 1.807) is 30.3 Å². The number of nitrogens with one attached hydrogen (secondary N) is 1. The highest BCUT2D eigenvalue weighted by atomic mass is 35.5. The molecule has 20 heavy (non-hydrogen) atoms. The van der Waals surface area contributed by atoms with Crippen molar-refractivity contribution in [3.8, 4) is 0 Å². The number of hydrogen-bond donors (Lipinski definition) is 1. The first-order valence-corrected chi connectivity index (χ1v) is 7.33. The van der Waals surface area contributed by atoms with Crippen molar-refractivity contribution < 1.29 is 0 Å². The quantitative estimate of drug-likeness (QED) is 0.743. The van der Waals surface area contributed by atoms with Crippen molar-refractivity contribution in [2.24, 2.45) is 0 Å². The van der Waals surface area contributed by atoms with Crippen LogP contribution in [0.25, 0.3) is 10.9 Å². The summed E-state index contributed by atoms with van der Waals surface area (Å²) in [4.78, 5) is 16.4. The number of halogens is 2. The summed E-state index contributed by atoms with van der Waals surface area (Å²) >= 11 is 13.1. The number of benzene rings is 2. The van der Waals surface area contributed by atoms with Crippen molar-refractivity contribution >= 4 is 56.3 Å². The van der Waals surface area contributed by atoms with Gasteiger partial charge in [0.15, 0.2) is 5.13 Å². The van der Waals surface area contributed by atoms with E-state index in [-0.39, 0.29) is 4.74 Å². The molecule has 0 saturated carbocycles. The molecule has 0 unspecified atom stereocenters. The van der Waals surface area contributed by atoms with Gasteiger partial charge >= 0.3 is 0 Å². The van der Waals surface area contributed by atoms with Crippen LogP contribution in [0.2, 0.25) is 10.0 Å². The largest absolute Gasteiger partial charge is 0.330 e. The Bertz CT molecular complexity index is 848. The minimum absolute atomic E-state index is 0.0451. The van der Waals surface area contributed by atoms with Gasteiger partial charge in [-0.3, -0.25) is 4.79 Å². The van der Waals surface area contributed by atoms with E-state index in [4.69, 9.17) is 23.2 Å². The Kier molecular flexibility index (Phi) is 3.61. The highest BCUT2D eigenvalue weighted by Gasteiger charge is 2.08. The first-order valence-electron chi connectivity index (χ1n) is 5.76. The fourth-order valence-corrected chi connectivity index (χ4v) is 2.90. The van der Waals surface area contributed by atoms with Crippen LogP contribution in [0.15, 0.2) is 47.3 Å². The van der Waals surface area contributed by atoms with Crippen molar-refractivity contribution in [2.75, 3.05) is 5.32 Å². The van der Waals surface area contributed by atoms with Gasteiger partial charge in [-0.05, 0) is 24.3 Å². The monoisotopic (exact) mass is 322 g/mol. The summed E-state index contributed by atoms with van der Waals surface area (Å²) in [6.45, 7) is 0. The van der Waals surface area contributed by atoms with E-state index >= 15 is 0 Å². The van der Waals surface area contributed by atoms with Gasteiger partial charge in [-0.2, -0.15) is 0 Å². The van der Waals surface area contributed by atoms with Gasteiger partial charge in [0.05, 0.1) is 26.6 Å². The van der Waals surface area contributed by atoms with Crippen LogP contribution in [0.5, 0.6) is 0 Å². The summed E-state index contributed by atoms with van der Waals surface area (Å²) in [6, 6.07) is 12.5. The average molecular weight is 323 g/mol. The molecular formula is C14H8Cl2N2OS. The van der Waals surface area contributed by atoms with E-state index in [2.05, 4.69) is 10.3 Å². The minimum Gasteiger partial charge on any atom is -0.330 e. The standard InChI is InChI=1S/C14H8Cl2N2OS/c15-9-5-3-7-11(12(9)16)18-14-17-10-6-2-1-4-8(10)13(19)20-14/h1-7H,(H,17,18). The zero-order valence-electron chi connectivity index (χ0n) is 10.1. The van der Waals surface area contributed by atoms with Crippen LogP contribution in [0, 0.1) is 0 Å². The SMILES string of the molecule is O=c1sc(Nc2cccc(Cl)c2Cl)nc2ccccc12. The summed E-state index contributed by atoms with van der Waals surface area (Å²) in [5.41, 5.74) is 1.27. The molecule has 1 heterocycles. The highest BCUT2D eigenvalue weighted by molar-refractivity contribution is 7.13. The van der Waals surface area contributed by atoms with E-state index in [1.807, 2.05) is 12.1 Å². The molecule has 0 aliphatic rings. The Balaban J connectivity index is 2.07. The maximum Gasteiger partial charge on any atom is 0.245 e. The molecule has 0 fully saturated rings. The van der Waals surface area contributed by atoms with Crippen molar-refractivity contribution in [2.45, 2.75) is 0 Å². The number of hydrogen-bond acceptors (Lipinski definition) is 4. The van der Waals surface area contributed by atoms with Crippen LogP contribution in [0.3, 0.4) is 0 Å². The van der Waals surface area contributed by atoms with Crippen LogP contribution >= 0.6 is 34.5 Å². The number of aromatic nitrogens is 1. The second-order valence-electron chi connectivity index (χ2n) is 4.05. The lowest BCUT2D eigenvalue weighted by Gasteiger charge is -2.08. The minimum atomic E-state index is -0.0451. The van der Waals surface area contributed by atoms with Gasteiger partial charge < -0.3 is 5.32 Å². The topological polar surface area (TPSA) is 42.0 Å². The molecule has 1 aromatic heterocycles. The normalized spacial score (nSPS) is 10.7. The van der Waals surface area contributed by atoms with E-state index in [0.717, 1.165) is 11.3 Å². The molecule has 1 N–H and O–H groups in total. The molecule has 0 saturated heterocycles. The molecular weight excluding hydrogens is 315 g/mol. The third kappa shape index (κ3) is 2.50. The van der Waals surface area contributed by atoms with Gasteiger partial charge in [-0.1, -0.05) is 52.7 Å². The van der Waals surface area contributed by atoms with Crippen molar-refractivity contribution in [3.05, 3.63) is 62.0 Å². The Morgan fingerprint density at radius 3 is 2.70 bits per heavy atom. The average Bonchev–Trinajstić information content (AvgIpc) is 2.44.